The fraction of sp³-hybridized carbons (Fsp3) is 0.200. The zero-order valence-electron chi connectivity index (χ0n) is 11.4. The maximum absolute atomic E-state index is 6.25. The fourth-order valence-corrected chi connectivity index (χ4v) is 3.05. The summed E-state index contributed by atoms with van der Waals surface area (Å²) in [6.07, 6.45) is 0.662. The first-order chi connectivity index (χ1) is 10.0. The van der Waals surface area contributed by atoms with E-state index in [9.17, 15) is 0 Å². The number of hydrazine groups is 1. The normalized spacial score (nSPS) is 12.2. The van der Waals surface area contributed by atoms with E-state index >= 15 is 0 Å². The van der Waals surface area contributed by atoms with Crippen molar-refractivity contribution in [3.05, 3.63) is 62.0 Å². The lowest BCUT2D eigenvalue weighted by molar-refractivity contribution is 0.413. The zero-order valence-corrected chi connectivity index (χ0v) is 14.5. The van der Waals surface area contributed by atoms with Crippen LogP contribution in [0.5, 0.6) is 5.75 Å². The Bertz CT molecular complexity index is 637. The molecule has 2 aromatic carbocycles. The third-order valence-corrected chi connectivity index (χ3v) is 4.55. The van der Waals surface area contributed by atoms with E-state index < -0.39 is 0 Å². The van der Waals surface area contributed by atoms with E-state index in [-0.39, 0.29) is 6.04 Å². The molecule has 0 saturated heterocycles. The van der Waals surface area contributed by atoms with Crippen molar-refractivity contribution in [3.63, 3.8) is 0 Å². The summed E-state index contributed by atoms with van der Waals surface area (Å²) in [5.41, 5.74) is 4.78. The van der Waals surface area contributed by atoms with Crippen LogP contribution in [-0.2, 0) is 6.42 Å². The van der Waals surface area contributed by atoms with Crippen LogP contribution in [0.25, 0.3) is 0 Å². The number of benzene rings is 2. The summed E-state index contributed by atoms with van der Waals surface area (Å²) < 4.78 is 6.25. The highest BCUT2D eigenvalue weighted by Gasteiger charge is 2.16. The van der Waals surface area contributed by atoms with Crippen molar-refractivity contribution in [2.45, 2.75) is 12.5 Å². The Morgan fingerprint density at radius 2 is 2.00 bits per heavy atom. The van der Waals surface area contributed by atoms with Crippen molar-refractivity contribution in [1.29, 1.82) is 0 Å². The Kier molecular flexibility index (Phi) is 5.90. The Morgan fingerprint density at radius 3 is 2.62 bits per heavy atom. The molecule has 3 N–H and O–H groups in total. The largest absolute Gasteiger partial charge is 0.497 e. The Morgan fingerprint density at radius 1 is 1.24 bits per heavy atom. The molecule has 0 spiro atoms. The number of rotatable bonds is 5. The summed E-state index contributed by atoms with van der Waals surface area (Å²) in [7, 11) is 1.64. The average Bonchev–Trinajstić information content (AvgIpc) is 2.47. The summed E-state index contributed by atoms with van der Waals surface area (Å²) in [6, 6.07) is 11.1. The highest BCUT2D eigenvalue weighted by molar-refractivity contribution is 9.10. The lowest BCUT2D eigenvalue weighted by Gasteiger charge is -2.19. The molecule has 0 aliphatic heterocycles. The van der Waals surface area contributed by atoms with Gasteiger partial charge in [-0.2, -0.15) is 0 Å². The van der Waals surface area contributed by atoms with Crippen molar-refractivity contribution in [2.24, 2.45) is 5.84 Å². The molecule has 112 valence electrons. The Labute approximate surface area is 142 Å². The number of nitrogens with one attached hydrogen (secondary N) is 1. The van der Waals surface area contributed by atoms with Gasteiger partial charge in [-0.15, -0.1) is 0 Å². The molecule has 0 heterocycles. The van der Waals surface area contributed by atoms with Gasteiger partial charge in [-0.25, -0.2) is 0 Å². The van der Waals surface area contributed by atoms with Crippen molar-refractivity contribution < 1.29 is 4.74 Å². The lowest BCUT2D eigenvalue weighted by Crippen LogP contribution is -2.29. The summed E-state index contributed by atoms with van der Waals surface area (Å²) in [5.74, 6) is 6.49. The van der Waals surface area contributed by atoms with Gasteiger partial charge in [0, 0.05) is 14.5 Å². The second-order valence-electron chi connectivity index (χ2n) is 4.55. The number of hydrogen-bond donors (Lipinski definition) is 2. The molecule has 3 nitrogen and oxygen atoms in total. The third kappa shape index (κ3) is 4.11. The van der Waals surface area contributed by atoms with Gasteiger partial charge in [0.2, 0.25) is 0 Å². The van der Waals surface area contributed by atoms with Crippen molar-refractivity contribution in [2.75, 3.05) is 7.11 Å². The summed E-state index contributed by atoms with van der Waals surface area (Å²) in [4.78, 5) is 0. The first-order valence-corrected chi connectivity index (χ1v) is 7.83. The minimum atomic E-state index is -0.127. The molecule has 1 unspecified atom stereocenters. The highest BCUT2D eigenvalue weighted by atomic mass is 79.9. The minimum absolute atomic E-state index is 0.127. The number of methoxy groups -OCH3 is 1. The lowest BCUT2D eigenvalue weighted by atomic mass is 9.99. The molecule has 2 rings (SSSR count). The van der Waals surface area contributed by atoms with Crippen molar-refractivity contribution in [3.8, 4) is 5.75 Å². The molecule has 0 radical (unpaired) electrons. The van der Waals surface area contributed by atoms with E-state index in [0.29, 0.717) is 16.5 Å². The molecule has 0 saturated carbocycles. The highest BCUT2D eigenvalue weighted by Crippen LogP contribution is 2.31. The Hall–Kier alpha value is -0.780. The summed E-state index contributed by atoms with van der Waals surface area (Å²) >= 11 is 15.7. The number of halogens is 3. The molecule has 6 heteroatoms. The molecule has 0 aliphatic carbocycles. The smallest absolute Gasteiger partial charge is 0.119 e. The Balaban J connectivity index is 2.30. The maximum Gasteiger partial charge on any atom is 0.119 e. The first kappa shape index (κ1) is 16.6. The van der Waals surface area contributed by atoms with Gasteiger partial charge in [-0.05, 0) is 47.9 Å². The van der Waals surface area contributed by atoms with Gasteiger partial charge in [0.1, 0.15) is 5.75 Å². The molecule has 0 aromatic heterocycles. The van der Waals surface area contributed by atoms with Crippen LogP contribution < -0.4 is 16.0 Å². The van der Waals surface area contributed by atoms with Crippen LogP contribution in [0.1, 0.15) is 17.2 Å². The quantitative estimate of drug-likeness (QED) is 0.584. The molecular weight excluding hydrogens is 375 g/mol. The van der Waals surface area contributed by atoms with Gasteiger partial charge in [0.05, 0.1) is 13.2 Å². The molecule has 0 amide bonds. The molecule has 0 aliphatic rings. The van der Waals surface area contributed by atoms with Gasteiger partial charge in [0.25, 0.3) is 0 Å². The van der Waals surface area contributed by atoms with Crippen LogP contribution in [-0.4, -0.2) is 7.11 Å². The van der Waals surface area contributed by atoms with Gasteiger partial charge < -0.3 is 4.74 Å². The van der Waals surface area contributed by atoms with E-state index in [4.69, 9.17) is 33.8 Å². The number of nitrogens with two attached hydrogens (primary N) is 1. The summed E-state index contributed by atoms with van der Waals surface area (Å²) in [5, 5.41) is 1.19. The van der Waals surface area contributed by atoms with Gasteiger partial charge in [0.15, 0.2) is 0 Å². The van der Waals surface area contributed by atoms with Gasteiger partial charge >= 0.3 is 0 Å². The molecular formula is C15H15BrCl2N2O. The predicted octanol–water partition coefficient (Wildman–Crippen LogP) is 4.51. The van der Waals surface area contributed by atoms with Crippen molar-refractivity contribution in [1.82, 2.24) is 5.43 Å². The number of ether oxygens (including phenoxy) is 1. The van der Waals surface area contributed by atoms with Crippen LogP contribution in [0.15, 0.2) is 40.9 Å². The average molecular weight is 390 g/mol. The molecule has 21 heavy (non-hydrogen) atoms. The van der Waals surface area contributed by atoms with Crippen LogP contribution in [0, 0.1) is 0 Å². The van der Waals surface area contributed by atoms with E-state index in [0.717, 1.165) is 21.3 Å². The van der Waals surface area contributed by atoms with E-state index in [1.165, 1.54) is 0 Å². The van der Waals surface area contributed by atoms with E-state index in [2.05, 4.69) is 21.4 Å². The molecule has 2 aromatic rings. The van der Waals surface area contributed by atoms with Gasteiger partial charge in [-0.3, -0.25) is 11.3 Å². The monoisotopic (exact) mass is 388 g/mol. The van der Waals surface area contributed by atoms with Crippen LogP contribution in [0.3, 0.4) is 0 Å². The fourth-order valence-electron chi connectivity index (χ4n) is 2.10. The van der Waals surface area contributed by atoms with Gasteiger partial charge in [-0.1, -0.05) is 45.2 Å². The van der Waals surface area contributed by atoms with E-state index in [1.54, 1.807) is 19.2 Å². The SMILES string of the molecule is COc1ccc(Br)c(CC(NN)c2ccc(Cl)cc2Cl)c1. The summed E-state index contributed by atoms with van der Waals surface area (Å²) in [6.45, 7) is 0. The second kappa shape index (κ2) is 7.47. The van der Waals surface area contributed by atoms with Crippen LogP contribution in [0.4, 0.5) is 0 Å². The van der Waals surface area contributed by atoms with E-state index in [1.807, 2.05) is 24.3 Å². The zero-order chi connectivity index (χ0) is 15.4. The van der Waals surface area contributed by atoms with Crippen LogP contribution in [0.2, 0.25) is 10.0 Å². The predicted molar refractivity (Wildman–Crippen MR) is 90.9 cm³/mol. The maximum atomic E-state index is 6.25. The molecule has 0 bridgehead atoms. The topological polar surface area (TPSA) is 47.3 Å². The minimum Gasteiger partial charge on any atom is -0.497 e. The molecule has 1 atom stereocenters. The standard InChI is InChI=1S/C15H15BrCl2N2O/c1-21-11-3-5-13(16)9(6-11)7-15(20-19)12-4-2-10(17)8-14(12)18/h2-6,8,15,20H,7,19H2,1H3. The number of hydrogen-bond acceptors (Lipinski definition) is 3. The molecule has 0 fully saturated rings. The second-order valence-corrected chi connectivity index (χ2v) is 6.24. The van der Waals surface area contributed by atoms with Crippen molar-refractivity contribution >= 4 is 39.1 Å². The van der Waals surface area contributed by atoms with Crippen LogP contribution >= 0.6 is 39.1 Å². The third-order valence-electron chi connectivity index (χ3n) is 3.22. The first-order valence-electron chi connectivity index (χ1n) is 6.28.